The third kappa shape index (κ3) is 2.82. The lowest BCUT2D eigenvalue weighted by molar-refractivity contribution is -0.384. The lowest BCUT2D eigenvalue weighted by Gasteiger charge is -1.97. The van der Waals surface area contributed by atoms with Crippen LogP contribution in [-0.4, -0.2) is 15.8 Å². The van der Waals surface area contributed by atoms with Gasteiger partial charge in [0.25, 0.3) is 11.6 Å². The number of aromatic nitrogens is 1. The molecule has 8 nitrogen and oxygen atoms in total. The summed E-state index contributed by atoms with van der Waals surface area (Å²) in [5, 5.41) is 19.7. The van der Waals surface area contributed by atoms with Crippen LogP contribution in [0.4, 0.5) is 17.3 Å². The molecule has 1 amide bonds. The summed E-state index contributed by atoms with van der Waals surface area (Å²) in [4.78, 5) is 25.1. The van der Waals surface area contributed by atoms with Crippen molar-refractivity contribution in [3.05, 3.63) is 63.2 Å². The Kier molecular flexibility index (Phi) is 3.97. The van der Waals surface area contributed by atoms with Gasteiger partial charge in [-0.2, -0.15) is 0 Å². The number of nitrogens with two attached hydrogens (primary N) is 1. The molecule has 24 heavy (non-hydrogen) atoms. The summed E-state index contributed by atoms with van der Waals surface area (Å²) in [6.45, 7) is 0. The zero-order valence-corrected chi connectivity index (χ0v) is 12.8. The van der Waals surface area contributed by atoms with Crippen molar-refractivity contribution >= 4 is 45.6 Å². The molecule has 0 aliphatic carbocycles. The number of nitrogens with zero attached hydrogens (tertiary/aromatic N) is 3. The summed E-state index contributed by atoms with van der Waals surface area (Å²) in [5.41, 5.74) is 5.48. The van der Waals surface area contributed by atoms with Crippen molar-refractivity contribution in [3.63, 3.8) is 0 Å². The van der Waals surface area contributed by atoms with E-state index in [-0.39, 0.29) is 16.3 Å². The van der Waals surface area contributed by atoms with Crippen molar-refractivity contribution in [2.24, 2.45) is 10.2 Å². The zero-order chi connectivity index (χ0) is 17.3. The number of azo groups is 1. The molecule has 2 aromatic carbocycles. The molecule has 9 heteroatoms. The van der Waals surface area contributed by atoms with Crippen molar-refractivity contribution in [3.8, 4) is 0 Å². The number of carbonyl (C=O) groups is 1. The third-order valence-electron chi connectivity index (χ3n) is 3.36. The number of hydrogen-bond acceptors (Lipinski definition) is 5. The largest absolute Gasteiger partial charge is 0.385 e. The van der Waals surface area contributed by atoms with Crippen molar-refractivity contribution in [1.29, 1.82) is 0 Å². The smallest absolute Gasteiger partial charge is 0.295 e. The van der Waals surface area contributed by atoms with E-state index in [9.17, 15) is 14.9 Å². The van der Waals surface area contributed by atoms with Gasteiger partial charge in [-0.3, -0.25) is 14.9 Å². The molecule has 0 aliphatic rings. The Morgan fingerprint density at radius 3 is 2.62 bits per heavy atom. The summed E-state index contributed by atoms with van der Waals surface area (Å²) in [5.74, 6) is 0.0149. The number of carbonyl (C=O) groups excluding carboxylic acids is 1. The highest BCUT2D eigenvalue weighted by molar-refractivity contribution is 6.32. The van der Waals surface area contributed by atoms with E-state index < -0.39 is 10.8 Å². The predicted molar refractivity (Wildman–Crippen MR) is 89.7 cm³/mol. The second-order valence-corrected chi connectivity index (χ2v) is 5.27. The minimum absolute atomic E-state index is 0.0127. The maximum atomic E-state index is 12.1. The van der Waals surface area contributed by atoms with Crippen LogP contribution in [0, 0.1) is 10.1 Å². The van der Waals surface area contributed by atoms with E-state index in [1.807, 2.05) is 12.1 Å². The standard InChI is InChI=1S/C15H10ClN5O3/c16-11-6-5-8(7-12(11)21(23)24)15(22)20-19-14-10-4-2-1-3-9(10)13(17)18-14/h1-7,18H,17H2. The number of nitro benzene ring substituents is 1. The van der Waals surface area contributed by atoms with Crippen LogP contribution in [0.25, 0.3) is 10.8 Å². The minimum Gasteiger partial charge on any atom is -0.385 e. The zero-order valence-electron chi connectivity index (χ0n) is 12.1. The van der Waals surface area contributed by atoms with Crippen molar-refractivity contribution in [2.45, 2.75) is 0 Å². The highest BCUT2D eigenvalue weighted by Crippen LogP contribution is 2.30. The summed E-state index contributed by atoms with van der Waals surface area (Å²) >= 11 is 5.71. The molecule has 0 atom stereocenters. The fourth-order valence-corrected chi connectivity index (χ4v) is 2.39. The summed E-state index contributed by atoms with van der Waals surface area (Å²) in [7, 11) is 0. The van der Waals surface area contributed by atoms with Gasteiger partial charge in [-0.25, -0.2) is 0 Å². The normalized spacial score (nSPS) is 11.2. The molecule has 120 valence electrons. The first-order valence-electron chi connectivity index (χ1n) is 6.73. The summed E-state index contributed by atoms with van der Waals surface area (Å²) < 4.78 is 0. The van der Waals surface area contributed by atoms with E-state index >= 15 is 0 Å². The number of anilines is 1. The van der Waals surface area contributed by atoms with E-state index in [0.29, 0.717) is 17.0 Å². The topological polar surface area (TPSA) is 127 Å². The van der Waals surface area contributed by atoms with Crippen LogP contribution in [0.15, 0.2) is 52.7 Å². The van der Waals surface area contributed by atoms with Crippen molar-refractivity contribution in [1.82, 2.24) is 4.98 Å². The van der Waals surface area contributed by atoms with Gasteiger partial charge in [0.2, 0.25) is 0 Å². The van der Waals surface area contributed by atoms with E-state index in [4.69, 9.17) is 17.3 Å². The van der Waals surface area contributed by atoms with E-state index in [1.165, 1.54) is 12.1 Å². The molecule has 0 saturated heterocycles. The van der Waals surface area contributed by atoms with E-state index in [0.717, 1.165) is 11.5 Å². The van der Waals surface area contributed by atoms with Crippen LogP contribution in [0.3, 0.4) is 0 Å². The second kappa shape index (κ2) is 6.09. The molecule has 0 fully saturated rings. The van der Waals surface area contributed by atoms with Gasteiger partial charge in [0.05, 0.1) is 10.5 Å². The van der Waals surface area contributed by atoms with Gasteiger partial charge in [0.1, 0.15) is 10.8 Å². The number of rotatable bonds is 3. The number of nitrogens with one attached hydrogen (secondary N) is 1. The van der Waals surface area contributed by atoms with Gasteiger partial charge in [-0.15, -0.1) is 10.2 Å². The van der Waals surface area contributed by atoms with Gasteiger partial charge in [-0.05, 0) is 12.1 Å². The molecule has 0 radical (unpaired) electrons. The van der Waals surface area contributed by atoms with Gasteiger partial charge in [0, 0.05) is 16.8 Å². The number of fused-ring (bicyclic) bond motifs is 1. The number of amides is 1. The lowest BCUT2D eigenvalue weighted by Crippen LogP contribution is -1.97. The monoisotopic (exact) mass is 343 g/mol. The average Bonchev–Trinajstić information content (AvgIpc) is 2.89. The number of nitro groups is 1. The van der Waals surface area contributed by atoms with Crippen LogP contribution in [0.5, 0.6) is 0 Å². The molecule has 1 heterocycles. The molecule has 0 spiro atoms. The Labute approximate surface area is 140 Å². The Morgan fingerprint density at radius 1 is 1.21 bits per heavy atom. The van der Waals surface area contributed by atoms with Crippen LogP contribution in [-0.2, 0) is 0 Å². The van der Waals surface area contributed by atoms with Gasteiger partial charge in [0.15, 0.2) is 5.82 Å². The number of aromatic amines is 1. The molecule has 1 aromatic heterocycles. The van der Waals surface area contributed by atoms with Gasteiger partial charge >= 0.3 is 0 Å². The third-order valence-corrected chi connectivity index (χ3v) is 3.68. The molecule has 3 N–H and O–H groups in total. The van der Waals surface area contributed by atoms with Gasteiger partial charge in [-0.1, -0.05) is 35.9 Å². The number of benzene rings is 2. The molecule has 0 unspecified atom stereocenters. The molecular weight excluding hydrogens is 334 g/mol. The first-order valence-corrected chi connectivity index (χ1v) is 7.11. The summed E-state index contributed by atoms with van der Waals surface area (Å²) in [6.07, 6.45) is 0. The number of halogens is 1. The van der Waals surface area contributed by atoms with Crippen LogP contribution in [0.2, 0.25) is 5.02 Å². The molecular formula is C15H10ClN5O3. The molecule has 3 rings (SSSR count). The Balaban J connectivity index is 1.93. The number of nitrogen functional groups attached to an aromatic ring is 1. The van der Waals surface area contributed by atoms with Crippen molar-refractivity contribution in [2.75, 3.05) is 5.73 Å². The summed E-state index contributed by atoms with van der Waals surface area (Å²) in [6, 6.07) is 10.9. The van der Waals surface area contributed by atoms with Crippen LogP contribution >= 0.6 is 11.6 Å². The minimum atomic E-state index is -0.730. The average molecular weight is 344 g/mol. The predicted octanol–water partition coefficient (Wildman–Crippen LogP) is 4.24. The molecule has 0 aliphatic heterocycles. The van der Waals surface area contributed by atoms with E-state index in [1.54, 1.807) is 12.1 Å². The fraction of sp³-hybridized carbons (Fsp3) is 0. The Hall–Kier alpha value is -3.26. The van der Waals surface area contributed by atoms with Gasteiger partial charge < -0.3 is 10.7 Å². The Bertz CT molecular complexity index is 996. The van der Waals surface area contributed by atoms with Crippen LogP contribution < -0.4 is 5.73 Å². The first kappa shape index (κ1) is 15.6. The van der Waals surface area contributed by atoms with Crippen molar-refractivity contribution < 1.29 is 9.72 Å². The quantitative estimate of drug-likeness (QED) is 0.419. The number of hydrogen-bond donors (Lipinski definition) is 2. The van der Waals surface area contributed by atoms with Crippen LogP contribution in [0.1, 0.15) is 10.4 Å². The molecule has 0 bridgehead atoms. The number of H-pyrrole nitrogens is 1. The molecule has 0 saturated carbocycles. The molecule has 3 aromatic rings. The highest BCUT2D eigenvalue weighted by Gasteiger charge is 2.16. The fourth-order valence-electron chi connectivity index (χ4n) is 2.20. The lowest BCUT2D eigenvalue weighted by atomic mass is 10.2. The second-order valence-electron chi connectivity index (χ2n) is 4.86. The SMILES string of the molecule is Nc1[nH]c(N=NC(=O)c2ccc(Cl)c([N+](=O)[O-])c2)c2ccccc12. The first-order chi connectivity index (χ1) is 11.5. The van der Waals surface area contributed by atoms with E-state index in [2.05, 4.69) is 15.2 Å². The highest BCUT2D eigenvalue weighted by atomic mass is 35.5. The maximum Gasteiger partial charge on any atom is 0.295 e. The maximum absolute atomic E-state index is 12.1. The Morgan fingerprint density at radius 2 is 1.92 bits per heavy atom.